The van der Waals surface area contributed by atoms with E-state index in [0.29, 0.717) is 15.1 Å². The second-order valence-corrected chi connectivity index (χ2v) is 6.05. The highest BCUT2D eigenvalue weighted by atomic mass is 32.2. The Morgan fingerprint density at radius 1 is 1.14 bits per heavy atom. The Bertz CT molecular complexity index is 623. The van der Waals surface area contributed by atoms with Crippen molar-refractivity contribution in [2.75, 3.05) is 18.1 Å². The summed E-state index contributed by atoms with van der Waals surface area (Å²) in [5, 5.41) is 4.54. The molecule has 3 nitrogen and oxygen atoms in total. The van der Waals surface area contributed by atoms with Crippen LogP contribution < -0.4 is 5.32 Å². The van der Waals surface area contributed by atoms with Crippen LogP contribution in [0.25, 0.3) is 0 Å². The number of thioether (sulfide) groups is 1. The van der Waals surface area contributed by atoms with Gasteiger partial charge in [0, 0.05) is 17.5 Å². The van der Waals surface area contributed by atoms with Gasteiger partial charge in [0.1, 0.15) is 10.8 Å². The highest BCUT2D eigenvalue weighted by molar-refractivity contribution is 7.99. The van der Waals surface area contributed by atoms with Crippen molar-refractivity contribution in [3.63, 3.8) is 0 Å². The van der Waals surface area contributed by atoms with Crippen LogP contribution in [-0.2, 0) is 0 Å². The van der Waals surface area contributed by atoms with E-state index in [9.17, 15) is 8.78 Å². The predicted octanol–water partition coefficient (Wildman–Crippen LogP) is 4.45. The molecule has 1 aromatic heterocycles. The van der Waals surface area contributed by atoms with Gasteiger partial charge in [0.25, 0.3) is 0 Å². The van der Waals surface area contributed by atoms with Gasteiger partial charge in [-0.3, -0.25) is 0 Å². The van der Waals surface area contributed by atoms with Gasteiger partial charge in [-0.1, -0.05) is 30.4 Å². The third-order valence-corrected chi connectivity index (χ3v) is 3.99. The minimum absolute atomic E-state index is 0.598. The van der Waals surface area contributed by atoms with Crippen molar-refractivity contribution < 1.29 is 8.78 Å². The molecule has 0 unspecified atom stereocenters. The van der Waals surface area contributed by atoms with E-state index < -0.39 is 11.6 Å². The molecule has 1 N–H and O–H groups in total. The summed E-state index contributed by atoms with van der Waals surface area (Å²) < 4.78 is 26.2. The van der Waals surface area contributed by atoms with E-state index in [-0.39, 0.29) is 0 Å². The molecule has 21 heavy (non-hydrogen) atoms. The molecule has 2 rings (SSSR count). The summed E-state index contributed by atoms with van der Waals surface area (Å²) >= 11 is 2.71. The fourth-order valence-electron chi connectivity index (χ4n) is 1.55. The van der Waals surface area contributed by atoms with E-state index in [1.54, 1.807) is 6.07 Å². The molecule has 0 aliphatic carbocycles. The SMILES string of the molecule is CCCNc1cc(Sc2ccc(F)c(F)c2)nc(SC)n1. The van der Waals surface area contributed by atoms with Crippen LogP contribution in [0.2, 0.25) is 0 Å². The molecule has 0 saturated carbocycles. The molecule has 2 aromatic rings. The molecular weight excluding hydrogens is 312 g/mol. The topological polar surface area (TPSA) is 37.8 Å². The number of anilines is 1. The molecule has 112 valence electrons. The molecule has 0 aliphatic rings. The van der Waals surface area contributed by atoms with Gasteiger partial charge in [-0.2, -0.15) is 0 Å². The molecule has 0 saturated heterocycles. The average molecular weight is 327 g/mol. The van der Waals surface area contributed by atoms with Crippen LogP contribution in [0.1, 0.15) is 13.3 Å². The van der Waals surface area contributed by atoms with Crippen molar-refractivity contribution in [1.29, 1.82) is 0 Å². The maximum absolute atomic E-state index is 13.2. The number of hydrogen-bond acceptors (Lipinski definition) is 5. The Hall–Kier alpha value is -1.34. The summed E-state index contributed by atoms with van der Waals surface area (Å²) in [6.45, 7) is 2.89. The standard InChI is InChI=1S/C14H15F2N3S2/c1-3-6-17-12-8-13(19-14(18-12)20-2)21-9-4-5-10(15)11(16)7-9/h4-5,7-8H,3,6H2,1-2H3,(H,17,18,19). The van der Waals surface area contributed by atoms with Gasteiger partial charge < -0.3 is 5.32 Å². The van der Waals surface area contributed by atoms with E-state index >= 15 is 0 Å². The predicted molar refractivity (Wildman–Crippen MR) is 83.1 cm³/mol. The van der Waals surface area contributed by atoms with Crippen molar-refractivity contribution in [3.05, 3.63) is 35.9 Å². The van der Waals surface area contributed by atoms with E-state index in [0.717, 1.165) is 24.8 Å². The number of nitrogens with one attached hydrogen (secondary N) is 1. The first kappa shape index (κ1) is 16.0. The summed E-state index contributed by atoms with van der Waals surface area (Å²) in [5.74, 6) is -0.970. The fourth-order valence-corrected chi connectivity index (χ4v) is 2.83. The Kier molecular flexibility index (Phi) is 5.81. The van der Waals surface area contributed by atoms with Crippen molar-refractivity contribution >= 4 is 29.3 Å². The largest absolute Gasteiger partial charge is 0.370 e. The highest BCUT2D eigenvalue weighted by Gasteiger charge is 2.08. The van der Waals surface area contributed by atoms with Crippen LogP contribution in [0.4, 0.5) is 14.6 Å². The minimum atomic E-state index is -0.858. The lowest BCUT2D eigenvalue weighted by Crippen LogP contribution is -2.03. The molecule has 7 heteroatoms. The second-order valence-electron chi connectivity index (χ2n) is 4.18. The molecule has 0 fully saturated rings. The monoisotopic (exact) mass is 327 g/mol. The van der Waals surface area contributed by atoms with E-state index in [2.05, 4.69) is 22.2 Å². The Morgan fingerprint density at radius 3 is 2.62 bits per heavy atom. The molecule has 0 bridgehead atoms. The zero-order chi connectivity index (χ0) is 15.2. The van der Waals surface area contributed by atoms with Gasteiger partial charge in [0.05, 0.1) is 0 Å². The normalized spacial score (nSPS) is 10.7. The van der Waals surface area contributed by atoms with Crippen LogP contribution in [0.5, 0.6) is 0 Å². The second kappa shape index (κ2) is 7.61. The first-order valence-electron chi connectivity index (χ1n) is 6.42. The molecule has 0 aliphatic heterocycles. The van der Waals surface area contributed by atoms with Gasteiger partial charge in [-0.05, 0) is 30.9 Å². The molecule has 0 radical (unpaired) electrons. The maximum Gasteiger partial charge on any atom is 0.190 e. The summed E-state index contributed by atoms with van der Waals surface area (Å²) in [5.41, 5.74) is 0. The number of rotatable bonds is 6. The molecular formula is C14H15F2N3S2. The van der Waals surface area contributed by atoms with Crippen LogP contribution in [0, 0.1) is 11.6 Å². The van der Waals surface area contributed by atoms with Crippen LogP contribution in [0.15, 0.2) is 39.3 Å². The number of benzene rings is 1. The first-order chi connectivity index (χ1) is 10.1. The average Bonchev–Trinajstić information content (AvgIpc) is 2.48. The van der Waals surface area contributed by atoms with Gasteiger partial charge in [0.2, 0.25) is 0 Å². The highest BCUT2D eigenvalue weighted by Crippen LogP contribution is 2.29. The number of nitrogens with zero attached hydrogens (tertiary/aromatic N) is 2. The molecule has 0 atom stereocenters. The van der Waals surface area contributed by atoms with Gasteiger partial charge in [-0.15, -0.1) is 0 Å². The Balaban J connectivity index is 2.23. The third-order valence-electron chi connectivity index (χ3n) is 2.53. The summed E-state index contributed by atoms with van der Waals surface area (Å²) in [6.07, 6.45) is 2.88. The van der Waals surface area contributed by atoms with Gasteiger partial charge >= 0.3 is 0 Å². The molecule has 1 aromatic carbocycles. The van der Waals surface area contributed by atoms with Crippen molar-refractivity contribution in [2.45, 2.75) is 28.4 Å². The zero-order valence-corrected chi connectivity index (χ0v) is 13.3. The number of aromatic nitrogens is 2. The van der Waals surface area contributed by atoms with Gasteiger partial charge in [0.15, 0.2) is 16.8 Å². The first-order valence-corrected chi connectivity index (χ1v) is 8.46. The molecule has 0 amide bonds. The van der Waals surface area contributed by atoms with Gasteiger partial charge in [-0.25, -0.2) is 18.7 Å². The van der Waals surface area contributed by atoms with E-state index in [1.165, 1.54) is 35.7 Å². The summed E-state index contributed by atoms with van der Waals surface area (Å²) in [4.78, 5) is 9.32. The van der Waals surface area contributed by atoms with Crippen LogP contribution in [0.3, 0.4) is 0 Å². The van der Waals surface area contributed by atoms with Crippen molar-refractivity contribution in [2.24, 2.45) is 0 Å². The smallest absolute Gasteiger partial charge is 0.190 e. The Labute approximate surface area is 131 Å². The van der Waals surface area contributed by atoms with Crippen molar-refractivity contribution in [3.8, 4) is 0 Å². The zero-order valence-electron chi connectivity index (χ0n) is 11.7. The lowest BCUT2D eigenvalue weighted by molar-refractivity contribution is 0.506. The summed E-state index contributed by atoms with van der Waals surface area (Å²) in [7, 11) is 0. The Morgan fingerprint density at radius 2 is 1.95 bits per heavy atom. The van der Waals surface area contributed by atoms with E-state index in [4.69, 9.17) is 0 Å². The van der Waals surface area contributed by atoms with Crippen molar-refractivity contribution in [1.82, 2.24) is 9.97 Å². The maximum atomic E-state index is 13.2. The lowest BCUT2D eigenvalue weighted by atomic mass is 10.3. The number of hydrogen-bond donors (Lipinski definition) is 1. The van der Waals surface area contributed by atoms with Crippen LogP contribution in [-0.4, -0.2) is 22.8 Å². The third kappa shape index (κ3) is 4.57. The molecule has 0 spiro atoms. The van der Waals surface area contributed by atoms with Crippen LogP contribution >= 0.6 is 23.5 Å². The minimum Gasteiger partial charge on any atom is -0.370 e. The number of halogens is 2. The summed E-state index contributed by atoms with van der Waals surface area (Å²) in [6, 6.07) is 5.62. The fraction of sp³-hybridized carbons (Fsp3) is 0.286. The molecule has 1 heterocycles. The van der Waals surface area contributed by atoms with E-state index in [1.807, 2.05) is 6.26 Å². The quantitative estimate of drug-likeness (QED) is 0.482. The lowest BCUT2D eigenvalue weighted by Gasteiger charge is -2.08.